The van der Waals surface area contributed by atoms with Crippen molar-refractivity contribution < 1.29 is 0 Å². The van der Waals surface area contributed by atoms with E-state index in [4.69, 9.17) is 15.0 Å². The first-order valence-electron chi connectivity index (χ1n) is 12.1. The second-order valence-electron chi connectivity index (χ2n) is 8.59. The number of aromatic nitrogens is 1. The summed E-state index contributed by atoms with van der Waals surface area (Å²) in [4.78, 5) is 14.3. The predicted molar refractivity (Wildman–Crippen MR) is 150 cm³/mol. The van der Waals surface area contributed by atoms with Crippen molar-refractivity contribution >= 4 is 23.8 Å². The van der Waals surface area contributed by atoms with Gasteiger partial charge in [0, 0.05) is 0 Å². The average molecular weight is 466 g/mol. The Labute approximate surface area is 212 Å². The Bertz CT molecular complexity index is 1360. The first kappa shape index (κ1) is 23.1. The van der Waals surface area contributed by atoms with Crippen molar-refractivity contribution in [2.75, 3.05) is 0 Å². The molecule has 0 bridgehead atoms. The number of rotatable bonds is 8. The minimum atomic E-state index is 0.797. The second-order valence-corrected chi connectivity index (χ2v) is 8.59. The summed E-state index contributed by atoms with van der Waals surface area (Å²) in [5.74, 6) is 0. The fourth-order valence-electron chi connectivity index (χ4n) is 4.09. The van der Waals surface area contributed by atoms with Gasteiger partial charge in [0.2, 0.25) is 0 Å². The van der Waals surface area contributed by atoms with Gasteiger partial charge >= 0.3 is 0 Å². The number of para-hydroxylation sites is 2. The van der Waals surface area contributed by atoms with Gasteiger partial charge in [-0.25, -0.2) is 4.98 Å². The van der Waals surface area contributed by atoms with Crippen LogP contribution in [0.15, 0.2) is 137 Å². The zero-order chi connectivity index (χ0) is 24.4. The van der Waals surface area contributed by atoms with Crippen LogP contribution in [-0.2, 0) is 12.8 Å². The third-order valence-corrected chi connectivity index (χ3v) is 5.92. The SMILES string of the molecule is C(=Nc1ccccc1Cc1ccccc1)c1cccc(C=Nc2ccccc2Cc2ccccc2)n1. The molecular weight excluding hydrogens is 438 g/mol. The molecule has 0 N–H and O–H groups in total. The number of hydrogen-bond acceptors (Lipinski definition) is 3. The molecule has 174 valence electrons. The van der Waals surface area contributed by atoms with E-state index in [0.29, 0.717) is 0 Å². The normalized spacial score (nSPS) is 11.3. The highest BCUT2D eigenvalue weighted by molar-refractivity contribution is 5.84. The van der Waals surface area contributed by atoms with Gasteiger partial charge in [-0.2, -0.15) is 0 Å². The Balaban J connectivity index is 1.32. The van der Waals surface area contributed by atoms with Crippen molar-refractivity contribution in [1.82, 2.24) is 4.98 Å². The summed E-state index contributed by atoms with van der Waals surface area (Å²) < 4.78 is 0. The summed E-state index contributed by atoms with van der Waals surface area (Å²) in [6, 6.07) is 43.3. The predicted octanol–water partition coefficient (Wildman–Crippen LogP) is 7.76. The van der Waals surface area contributed by atoms with E-state index in [0.717, 1.165) is 35.6 Å². The van der Waals surface area contributed by atoms with Crippen molar-refractivity contribution in [2.24, 2.45) is 9.98 Å². The van der Waals surface area contributed by atoms with Crippen LogP contribution in [0.5, 0.6) is 0 Å². The molecular formula is C33H27N3. The molecule has 1 aromatic heterocycles. The van der Waals surface area contributed by atoms with Crippen molar-refractivity contribution in [3.05, 3.63) is 161 Å². The maximum Gasteiger partial charge on any atom is 0.0820 e. The second kappa shape index (κ2) is 11.7. The molecule has 0 spiro atoms. The van der Waals surface area contributed by atoms with Crippen molar-refractivity contribution in [3.63, 3.8) is 0 Å². The molecule has 0 radical (unpaired) electrons. The quantitative estimate of drug-likeness (QED) is 0.216. The monoisotopic (exact) mass is 465 g/mol. The van der Waals surface area contributed by atoms with Crippen LogP contribution in [0.2, 0.25) is 0 Å². The van der Waals surface area contributed by atoms with E-state index in [1.165, 1.54) is 22.3 Å². The fraction of sp³-hybridized carbons (Fsp3) is 0.0606. The average Bonchev–Trinajstić information content (AvgIpc) is 2.93. The molecule has 0 amide bonds. The Hall–Kier alpha value is -4.63. The van der Waals surface area contributed by atoms with E-state index < -0.39 is 0 Å². The van der Waals surface area contributed by atoms with Gasteiger partial charge < -0.3 is 0 Å². The van der Waals surface area contributed by atoms with E-state index >= 15 is 0 Å². The highest BCUT2D eigenvalue weighted by Gasteiger charge is 2.03. The molecule has 3 heteroatoms. The van der Waals surface area contributed by atoms with Crippen LogP contribution >= 0.6 is 0 Å². The number of nitrogens with zero attached hydrogens (tertiary/aromatic N) is 3. The molecule has 0 saturated heterocycles. The molecule has 5 rings (SSSR count). The molecule has 0 aliphatic rings. The van der Waals surface area contributed by atoms with Crippen LogP contribution in [0.1, 0.15) is 33.6 Å². The lowest BCUT2D eigenvalue weighted by Crippen LogP contribution is -1.94. The highest BCUT2D eigenvalue weighted by atomic mass is 14.8. The molecule has 1 heterocycles. The number of pyridine rings is 1. The van der Waals surface area contributed by atoms with Crippen LogP contribution < -0.4 is 0 Å². The molecule has 4 aromatic carbocycles. The van der Waals surface area contributed by atoms with Crippen LogP contribution in [0, 0.1) is 0 Å². The lowest BCUT2D eigenvalue weighted by atomic mass is 10.0. The number of benzene rings is 4. The number of hydrogen-bond donors (Lipinski definition) is 0. The van der Waals surface area contributed by atoms with Gasteiger partial charge in [-0.3, -0.25) is 9.98 Å². The van der Waals surface area contributed by atoms with E-state index in [2.05, 4.69) is 72.8 Å². The highest BCUT2D eigenvalue weighted by Crippen LogP contribution is 2.23. The first-order chi connectivity index (χ1) is 17.8. The van der Waals surface area contributed by atoms with Crippen LogP contribution in [0.3, 0.4) is 0 Å². The third-order valence-electron chi connectivity index (χ3n) is 5.92. The van der Waals surface area contributed by atoms with Gasteiger partial charge in [-0.05, 0) is 59.4 Å². The van der Waals surface area contributed by atoms with Gasteiger partial charge in [0.15, 0.2) is 0 Å². The zero-order valence-corrected chi connectivity index (χ0v) is 20.0. The Morgan fingerprint density at radius 2 is 0.861 bits per heavy atom. The van der Waals surface area contributed by atoms with Crippen LogP contribution in [-0.4, -0.2) is 17.4 Å². The molecule has 5 aromatic rings. The third kappa shape index (κ3) is 6.28. The van der Waals surface area contributed by atoms with Crippen LogP contribution in [0.4, 0.5) is 11.4 Å². The Morgan fingerprint density at radius 1 is 0.444 bits per heavy atom. The largest absolute Gasteiger partial charge is 0.254 e. The summed E-state index contributed by atoms with van der Waals surface area (Å²) in [6.07, 6.45) is 5.34. The molecule has 0 aliphatic carbocycles. The lowest BCUT2D eigenvalue weighted by molar-refractivity contribution is 1.18. The molecule has 0 saturated carbocycles. The Kier molecular flexibility index (Phi) is 7.50. The lowest BCUT2D eigenvalue weighted by Gasteiger charge is -2.06. The molecule has 3 nitrogen and oxygen atoms in total. The van der Waals surface area contributed by atoms with Gasteiger partial charge in [0.25, 0.3) is 0 Å². The first-order valence-corrected chi connectivity index (χ1v) is 12.1. The minimum Gasteiger partial charge on any atom is -0.254 e. The summed E-state index contributed by atoms with van der Waals surface area (Å²) in [5, 5.41) is 0. The van der Waals surface area contributed by atoms with Crippen molar-refractivity contribution in [3.8, 4) is 0 Å². The summed E-state index contributed by atoms with van der Waals surface area (Å²) in [7, 11) is 0. The molecule has 0 unspecified atom stereocenters. The summed E-state index contributed by atoms with van der Waals surface area (Å²) in [5.41, 5.74) is 8.42. The van der Waals surface area contributed by atoms with Crippen LogP contribution in [0.25, 0.3) is 0 Å². The van der Waals surface area contributed by atoms with Gasteiger partial charge in [0.05, 0.1) is 35.2 Å². The van der Waals surface area contributed by atoms with Gasteiger partial charge in [-0.15, -0.1) is 0 Å². The molecule has 0 aliphatic heterocycles. The standard InChI is InChI=1S/C33H27N3/c1-3-12-26(13-4-1)22-28-16-7-9-20-32(28)34-24-30-18-11-19-31(36-30)25-35-33-21-10-8-17-29(33)23-27-14-5-2-6-15-27/h1-21,24-25H,22-23H2. The van der Waals surface area contributed by atoms with Gasteiger partial charge in [-0.1, -0.05) is 103 Å². The topological polar surface area (TPSA) is 37.6 Å². The summed E-state index contributed by atoms with van der Waals surface area (Å²) >= 11 is 0. The van der Waals surface area contributed by atoms with E-state index in [1.807, 2.05) is 67.0 Å². The van der Waals surface area contributed by atoms with Gasteiger partial charge in [0.1, 0.15) is 0 Å². The maximum absolute atomic E-state index is 4.76. The zero-order valence-electron chi connectivity index (χ0n) is 20.0. The van der Waals surface area contributed by atoms with E-state index in [9.17, 15) is 0 Å². The molecule has 0 fully saturated rings. The van der Waals surface area contributed by atoms with Crippen molar-refractivity contribution in [1.29, 1.82) is 0 Å². The molecule has 36 heavy (non-hydrogen) atoms. The van der Waals surface area contributed by atoms with E-state index in [1.54, 1.807) is 0 Å². The fourth-order valence-corrected chi connectivity index (χ4v) is 4.09. The van der Waals surface area contributed by atoms with Crippen molar-refractivity contribution in [2.45, 2.75) is 12.8 Å². The minimum absolute atomic E-state index is 0.797. The maximum atomic E-state index is 4.76. The number of aliphatic imine (C=N–C) groups is 2. The Morgan fingerprint density at radius 3 is 1.33 bits per heavy atom. The van der Waals surface area contributed by atoms with E-state index in [-0.39, 0.29) is 0 Å². The smallest absolute Gasteiger partial charge is 0.0820 e. The molecule has 0 atom stereocenters. The summed E-state index contributed by atoms with van der Waals surface area (Å²) in [6.45, 7) is 0.